The first-order chi connectivity index (χ1) is 11.5. The highest BCUT2D eigenvalue weighted by molar-refractivity contribution is 5.96. The Hall–Kier alpha value is -2.11. The molecule has 1 N–H and O–H groups in total. The van der Waals surface area contributed by atoms with E-state index in [1.54, 1.807) is 18.3 Å². The summed E-state index contributed by atoms with van der Waals surface area (Å²) < 4.78 is 5.47. The topological polar surface area (TPSA) is 71.5 Å². The fourth-order valence-electron chi connectivity index (χ4n) is 2.84. The molecule has 0 radical (unpaired) electrons. The molecule has 0 aromatic carbocycles. The lowest BCUT2D eigenvalue weighted by molar-refractivity contribution is -0.124. The van der Waals surface area contributed by atoms with Gasteiger partial charge in [0.25, 0.3) is 5.91 Å². The molecule has 2 rings (SSSR count). The van der Waals surface area contributed by atoms with E-state index in [1.165, 1.54) is 0 Å². The van der Waals surface area contributed by atoms with E-state index in [1.807, 2.05) is 25.7 Å². The molecule has 1 saturated heterocycles. The average molecular weight is 333 g/mol. The molecule has 0 saturated carbocycles. The number of rotatable bonds is 6. The number of carbonyl (C=O) groups is 2. The molecule has 1 aromatic rings. The van der Waals surface area contributed by atoms with Gasteiger partial charge in [-0.2, -0.15) is 0 Å². The first-order valence-corrected chi connectivity index (χ1v) is 8.67. The number of pyridine rings is 1. The van der Waals surface area contributed by atoms with E-state index in [0.29, 0.717) is 31.1 Å². The van der Waals surface area contributed by atoms with Crippen LogP contribution in [0, 0.1) is 11.8 Å². The van der Waals surface area contributed by atoms with Crippen molar-refractivity contribution in [3.05, 3.63) is 23.9 Å². The van der Waals surface area contributed by atoms with Crippen LogP contribution in [0.2, 0.25) is 0 Å². The largest absolute Gasteiger partial charge is 0.477 e. The normalized spacial score (nSPS) is 17.7. The summed E-state index contributed by atoms with van der Waals surface area (Å²) in [5.41, 5.74) is 0.506. The lowest BCUT2D eigenvalue weighted by atomic mass is 9.97. The molecule has 6 heteroatoms. The third kappa shape index (κ3) is 4.69. The summed E-state index contributed by atoms with van der Waals surface area (Å²) in [5.74, 6) is 0.670. The number of piperidine rings is 1. The zero-order chi connectivity index (χ0) is 17.5. The fraction of sp³-hybridized carbons (Fsp3) is 0.611. The van der Waals surface area contributed by atoms with Gasteiger partial charge in [-0.25, -0.2) is 4.98 Å². The van der Waals surface area contributed by atoms with Gasteiger partial charge in [-0.05, 0) is 37.8 Å². The molecule has 0 unspecified atom stereocenters. The van der Waals surface area contributed by atoms with E-state index in [2.05, 4.69) is 10.3 Å². The van der Waals surface area contributed by atoms with E-state index in [9.17, 15) is 9.59 Å². The van der Waals surface area contributed by atoms with Crippen molar-refractivity contribution in [2.75, 3.05) is 26.2 Å². The van der Waals surface area contributed by atoms with Crippen molar-refractivity contribution in [2.45, 2.75) is 33.6 Å². The Balaban J connectivity index is 1.99. The van der Waals surface area contributed by atoms with E-state index < -0.39 is 0 Å². The second-order valence-corrected chi connectivity index (χ2v) is 6.45. The number of likely N-dealkylation sites (tertiary alicyclic amines) is 1. The molecule has 132 valence electrons. The van der Waals surface area contributed by atoms with Crippen LogP contribution < -0.4 is 10.1 Å². The Bertz CT molecular complexity index is 574. The summed E-state index contributed by atoms with van der Waals surface area (Å²) in [6, 6.07) is 3.50. The number of hydrogen-bond acceptors (Lipinski definition) is 4. The predicted molar refractivity (Wildman–Crippen MR) is 91.9 cm³/mol. The van der Waals surface area contributed by atoms with Crippen LogP contribution in [0.1, 0.15) is 44.0 Å². The van der Waals surface area contributed by atoms with Gasteiger partial charge in [-0.15, -0.1) is 0 Å². The Morgan fingerprint density at radius 1 is 1.46 bits per heavy atom. The van der Waals surface area contributed by atoms with Gasteiger partial charge in [-0.1, -0.05) is 13.8 Å². The zero-order valence-corrected chi connectivity index (χ0v) is 14.7. The van der Waals surface area contributed by atoms with Crippen molar-refractivity contribution in [2.24, 2.45) is 11.8 Å². The second-order valence-electron chi connectivity index (χ2n) is 6.45. The molecular formula is C18H27N3O3. The van der Waals surface area contributed by atoms with Crippen molar-refractivity contribution in [1.29, 1.82) is 0 Å². The maximum absolute atomic E-state index is 12.8. The summed E-state index contributed by atoms with van der Waals surface area (Å²) in [7, 11) is 0. The monoisotopic (exact) mass is 333 g/mol. The number of nitrogens with one attached hydrogen (secondary N) is 1. The molecule has 2 heterocycles. The molecule has 1 aromatic heterocycles. The molecule has 0 spiro atoms. The van der Waals surface area contributed by atoms with E-state index in [-0.39, 0.29) is 23.7 Å². The van der Waals surface area contributed by atoms with Crippen LogP contribution in [-0.4, -0.2) is 47.9 Å². The highest BCUT2D eigenvalue weighted by Gasteiger charge is 2.27. The van der Waals surface area contributed by atoms with Crippen molar-refractivity contribution in [1.82, 2.24) is 15.2 Å². The van der Waals surface area contributed by atoms with Crippen molar-refractivity contribution in [3.63, 3.8) is 0 Å². The van der Waals surface area contributed by atoms with Gasteiger partial charge in [0.15, 0.2) is 0 Å². The van der Waals surface area contributed by atoms with Crippen LogP contribution >= 0.6 is 0 Å². The number of hydrogen-bond donors (Lipinski definition) is 1. The molecule has 1 atom stereocenters. The number of aromatic nitrogens is 1. The number of carbonyl (C=O) groups excluding carboxylic acids is 2. The molecule has 1 aliphatic rings. The van der Waals surface area contributed by atoms with Crippen molar-refractivity contribution in [3.8, 4) is 5.88 Å². The second kappa shape index (κ2) is 8.66. The third-order valence-electron chi connectivity index (χ3n) is 4.18. The minimum absolute atomic E-state index is 0.0181. The minimum Gasteiger partial charge on any atom is -0.477 e. The van der Waals surface area contributed by atoms with Crippen molar-refractivity contribution >= 4 is 11.8 Å². The fourth-order valence-corrected chi connectivity index (χ4v) is 2.84. The van der Waals surface area contributed by atoms with Gasteiger partial charge in [0.05, 0.1) is 6.61 Å². The Morgan fingerprint density at radius 3 is 2.96 bits per heavy atom. The van der Waals surface area contributed by atoms with Gasteiger partial charge in [-0.3, -0.25) is 9.59 Å². The highest BCUT2D eigenvalue weighted by atomic mass is 16.5. The highest BCUT2D eigenvalue weighted by Crippen LogP contribution is 2.22. The molecule has 24 heavy (non-hydrogen) atoms. The van der Waals surface area contributed by atoms with Gasteiger partial charge >= 0.3 is 0 Å². The first-order valence-electron chi connectivity index (χ1n) is 8.67. The van der Waals surface area contributed by atoms with Gasteiger partial charge in [0, 0.05) is 31.7 Å². The molecule has 6 nitrogen and oxygen atoms in total. The smallest absolute Gasteiger partial charge is 0.259 e. The Morgan fingerprint density at radius 2 is 2.25 bits per heavy atom. The average Bonchev–Trinajstić information content (AvgIpc) is 2.60. The maximum Gasteiger partial charge on any atom is 0.259 e. The number of nitrogens with zero attached hydrogens (tertiary/aromatic N) is 2. The van der Waals surface area contributed by atoms with Crippen molar-refractivity contribution < 1.29 is 14.3 Å². The summed E-state index contributed by atoms with van der Waals surface area (Å²) in [6.07, 6.45) is 3.59. The van der Waals surface area contributed by atoms with E-state index in [4.69, 9.17) is 4.74 Å². The van der Waals surface area contributed by atoms with E-state index >= 15 is 0 Å². The summed E-state index contributed by atoms with van der Waals surface area (Å²) >= 11 is 0. The standard InChI is InChI=1S/C18H27N3O3/c1-4-24-17-15(8-5-9-19-17)18(23)21-10-6-7-14(12-21)11-20-16(22)13(2)3/h5,8-9,13-14H,4,6-7,10-12H2,1-3H3,(H,20,22)/t14-/m1/s1. The van der Waals surface area contributed by atoms with E-state index in [0.717, 1.165) is 19.4 Å². The number of ether oxygens (including phenoxy) is 1. The van der Waals surface area contributed by atoms with Crippen LogP contribution in [-0.2, 0) is 4.79 Å². The molecule has 0 bridgehead atoms. The third-order valence-corrected chi connectivity index (χ3v) is 4.18. The summed E-state index contributed by atoms with van der Waals surface area (Å²) in [5, 5.41) is 2.97. The molecule has 1 fully saturated rings. The molecule has 0 aliphatic carbocycles. The summed E-state index contributed by atoms with van der Waals surface area (Å²) in [4.78, 5) is 30.5. The Kier molecular flexibility index (Phi) is 6.58. The number of amides is 2. The van der Waals surface area contributed by atoms with Crippen LogP contribution in [0.5, 0.6) is 5.88 Å². The first kappa shape index (κ1) is 18.2. The zero-order valence-electron chi connectivity index (χ0n) is 14.7. The minimum atomic E-state index is -0.0496. The van der Waals surface area contributed by atoms with Gasteiger partial charge in [0.2, 0.25) is 11.8 Å². The Labute approximate surface area is 143 Å². The van der Waals surface area contributed by atoms with Gasteiger partial charge < -0.3 is 15.0 Å². The molecular weight excluding hydrogens is 306 g/mol. The van der Waals surface area contributed by atoms with Crippen LogP contribution in [0.3, 0.4) is 0 Å². The van der Waals surface area contributed by atoms with Crippen LogP contribution in [0.4, 0.5) is 0 Å². The van der Waals surface area contributed by atoms with Crippen LogP contribution in [0.25, 0.3) is 0 Å². The lowest BCUT2D eigenvalue weighted by Gasteiger charge is -2.33. The molecule has 1 aliphatic heterocycles. The molecule has 2 amide bonds. The quantitative estimate of drug-likeness (QED) is 0.865. The van der Waals surface area contributed by atoms with Gasteiger partial charge in [0.1, 0.15) is 5.56 Å². The predicted octanol–water partition coefficient (Wildman–Crippen LogP) is 2.10. The maximum atomic E-state index is 12.8. The lowest BCUT2D eigenvalue weighted by Crippen LogP contribution is -2.44. The van der Waals surface area contributed by atoms with Crippen LogP contribution in [0.15, 0.2) is 18.3 Å². The summed E-state index contributed by atoms with van der Waals surface area (Å²) in [6.45, 7) is 8.10. The SMILES string of the molecule is CCOc1ncccc1C(=O)N1CCC[C@H](CNC(=O)C(C)C)C1.